The molecule has 0 saturated carbocycles. The van der Waals surface area contributed by atoms with Crippen LogP contribution in [-0.4, -0.2) is 40.9 Å². The van der Waals surface area contributed by atoms with Crippen molar-refractivity contribution in [3.05, 3.63) is 65.2 Å². The molecule has 144 valence electrons. The van der Waals surface area contributed by atoms with E-state index >= 15 is 0 Å². The third-order valence-electron chi connectivity index (χ3n) is 4.43. The highest BCUT2D eigenvalue weighted by Crippen LogP contribution is 2.26. The molecule has 8 nitrogen and oxygen atoms in total. The number of carbonyl (C=O) groups excluding carboxylic acids is 2. The highest BCUT2D eigenvalue weighted by molar-refractivity contribution is 6.06. The summed E-state index contributed by atoms with van der Waals surface area (Å²) < 4.78 is 11.6. The molecule has 0 aliphatic rings. The minimum Gasteiger partial charge on any atom is -0.496 e. The molecule has 0 saturated heterocycles. The van der Waals surface area contributed by atoms with Crippen molar-refractivity contribution < 1.29 is 19.1 Å². The maximum atomic E-state index is 12.9. The van der Waals surface area contributed by atoms with E-state index in [1.54, 1.807) is 37.4 Å². The average Bonchev–Trinajstić information content (AvgIpc) is 3.23. The summed E-state index contributed by atoms with van der Waals surface area (Å²) in [7, 11) is 2.86. The number of hydrogen-bond acceptors (Lipinski definition) is 6. The number of esters is 1. The Hall–Kier alpha value is -3.68. The van der Waals surface area contributed by atoms with Gasteiger partial charge in [0.25, 0.3) is 5.91 Å². The molecule has 3 rings (SSSR count). The summed E-state index contributed by atoms with van der Waals surface area (Å²) in [5, 5.41) is 6.93. The zero-order chi connectivity index (χ0) is 20.3. The number of amides is 1. The van der Waals surface area contributed by atoms with Crippen molar-refractivity contribution in [3.63, 3.8) is 0 Å². The Morgan fingerprint density at radius 1 is 1.07 bits per heavy atom. The van der Waals surface area contributed by atoms with Gasteiger partial charge in [-0.15, -0.1) is 0 Å². The van der Waals surface area contributed by atoms with Gasteiger partial charge in [0.1, 0.15) is 18.4 Å². The molecule has 0 unspecified atom stereocenters. The van der Waals surface area contributed by atoms with E-state index in [-0.39, 0.29) is 5.91 Å². The largest absolute Gasteiger partial charge is 0.496 e. The predicted molar refractivity (Wildman–Crippen MR) is 103 cm³/mol. The van der Waals surface area contributed by atoms with E-state index in [4.69, 9.17) is 9.47 Å². The van der Waals surface area contributed by atoms with Crippen molar-refractivity contribution in [2.45, 2.75) is 13.8 Å². The summed E-state index contributed by atoms with van der Waals surface area (Å²) in [6, 6.07) is 8.26. The zero-order valence-electron chi connectivity index (χ0n) is 16.0. The lowest BCUT2D eigenvalue weighted by Gasteiger charge is -2.14. The first kappa shape index (κ1) is 19.1. The van der Waals surface area contributed by atoms with Gasteiger partial charge in [-0.1, -0.05) is 0 Å². The quantitative estimate of drug-likeness (QED) is 0.684. The van der Waals surface area contributed by atoms with Gasteiger partial charge in [-0.25, -0.2) is 14.5 Å². The molecule has 1 N–H and O–H groups in total. The first-order chi connectivity index (χ1) is 13.4. The molecular formula is C20H20N4O4. The van der Waals surface area contributed by atoms with Gasteiger partial charge in [0.05, 0.1) is 31.2 Å². The lowest BCUT2D eigenvalue weighted by atomic mass is 10.0. The van der Waals surface area contributed by atoms with Crippen LogP contribution < -0.4 is 10.1 Å². The summed E-state index contributed by atoms with van der Waals surface area (Å²) in [5.41, 5.74) is 3.61. The molecular weight excluding hydrogens is 360 g/mol. The van der Waals surface area contributed by atoms with Gasteiger partial charge in [0.2, 0.25) is 0 Å². The van der Waals surface area contributed by atoms with Gasteiger partial charge < -0.3 is 14.8 Å². The maximum Gasteiger partial charge on any atom is 0.337 e. The summed E-state index contributed by atoms with van der Waals surface area (Å²) in [5.74, 6) is -0.219. The number of ether oxygens (including phenoxy) is 2. The number of benzene rings is 2. The second-order valence-electron chi connectivity index (χ2n) is 6.14. The second kappa shape index (κ2) is 7.91. The molecule has 0 atom stereocenters. The molecule has 0 aliphatic heterocycles. The Labute approximate surface area is 162 Å². The summed E-state index contributed by atoms with van der Waals surface area (Å²) in [4.78, 5) is 28.7. The van der Waals surface area contributed by atoms with Gasteiger partial charge in [-0.2, -0.15) is 5.10 Å². The predicted octanol–water partition coefficient (Wildman–Crippen LogP) is 2.93. The monoisotopic (exact) mass is 380 g/mol. The van der Waals surface area contributed by atoms with Gasteiger partial charge in [-0.3, -0.25) is 4.79 Å². The van der Waals surface area contributed by atoms with Crippen LogP contribution in [0.15, 0.2) is 43.0 Å². The van der Waals surface area contributed by atoms with Crippen molar-refractivity contribution in [3.8, 4) is 11.4 Å². The van der Waals surface area contributed by atoms with Crippen molar-refractivity contribution in [2.75, 3.05) is 19.5 Å². The molecule has 3 aromatic rings. The second-order valence-corrected chi connectivity index (χ2v) is 6.14. The number of aromatic nitrogens is 3. The SMILES string of the molecule is COC(=O)c1ccc(-n2cncn2)c(NC(=O)c2cc(C)c(C)c(OC)c2)c1. The maximum absolute atomic E-state index is 12.9. The van der Waals surface area contributed by atoms with Gasteiger partial charge in [0.15, 0.2) is 0 Å². The van der Waals surface area contributed by atoms with Gasteiger partial charge in [-0.05, 0) is 55.3 Å². The third-order valence-corrected chi connectivity index (χ3v) is 4.43. The van der Waals surface area contributed by atoms with Crippen molar-refractivity contribution >= 4 is 17.6 Å². The normalized spacial score (nSPS) is 10.4. The van der Waals surface area contributed by atoms with E-state index in [1.165, 1.54) is 24.4 Å². The van der Waals surface area contributed by atoms with E-state index in [1.807, 2.05) is 13.8 Å². The molecule has 0 radical (unpaired) electrons. The van der Waals surface area contributed by atoms with E-state index in [2.05, 4.69) is 15.4 Å². The number of methoxy groups -OCH3 is 2. The molecule has 1 amide bonds. The Morgan fingerprint density at radius 2 is 1.86 bits per heavy atom. The summed E-state index contributed by atoms with van der Waals surface area (Å²) in [6.07, 6.45) is 2.88. The van der Waals surface area contributed by atoms with Crippen LogP contribution in [-0.2, 0) is 4.74 Å². The third kappa shape index (κ3) is 3.71. The lowest BCUT2D eigenvalue weighted by molar-refractivity contribution is 0.0600. The number of nitrogens with zero attached hydrogens (tertiary/aromatic N) is 3. The standard InChI is InChI=1S/C20H20N4O4/c1-12-7-15(9-18(27-3)13(12)2)19(25)23-16-8-14(20(26)28-4)5-6-17(16)24-11-21-10-22-24/h5-11H,1-4H3,(H,23,25). The lowest BCUT2D eigenvalue weighted by Crippen LogP contribution is -2.15. The summed E-state index contributed by atoms with van der Waals surface area (Å²) in [6.45, 7) is 3.84. The smallest absolute Gasteiger partial charge is 0.337 e. The van der Waals surface area contributed by atoms with Crippen molar-refractivity contribution in [2.24, 2.45) is 0 Å². The van der Waals surface area contributed by atoms with E-state index in [9.17, 15) is 9.59 Å². The molecule has 1 heterocycles. The van der Waals surface area contributed by atoms with Crippen LogP contribution in [0.1, 0.15) is 31.8 Å². The van der Waals surface area contributed by atoms with Crippen LogP contribution in [0.5, 0.6) is 5.75 Å². The highest BCUT2D eigenvalue weighted by atomic mass is 16.5. The highest BCUT2D eigenvalue weighted by Gasteiger charge is 2.16. The molecule has 1 aromatic heterocycles. The topological polar surface area (TPSA) is 95.3 Å². The van der Waals surface area contributed by atoms with Crippen molar-refractivity contribution in [1.29, 1.82) is 0 Å². The Bertz CT molecular complexity index is 1030. The number of aryl methyl sites for hydroxylation is 1. The summed E-state index contributed by atoms with van der Waals surface area (Å²) >= 11 is 0. The number of carbonyl (C=O) groups is 2. The van der Waals surface area contributed by atoms with Crippen LogP contribution in [0.3, 0.4) is 0 Å². The zero-order valence-corrected chi connectivity index (χ0v) is 16.0. The van der Waals surface area contributed by atoms with Gasteiger partial charge >= 0.3 is 5.97 Å². The van der Waals surface area contributed by atoms with E-state index < -0.39 is 5.97 Å². The number of rotatable bonds is 5. The van der Waals surface area contributed by atoms with E-state index in [0.29, 0.717) is 28.3 Å². The fourth-order valence-corrected chi connectivity index (χ4v) is 2.78. The molecule has 2 aromatic carbocycles. The molecule has 0 spiro atoms. The molecule has 8 heteroatoms. The number of anilines is 1. The minimum atomic E-state index is -0.506. The van der Waals surface area contributed by atoms with Gasteiger partial charge in [0, 0.05) is 5.56 Å². The fourth-order valence-electron chi connectivity index (χ4n) is 2.78. The van der Waals surface area contributed by atoms with Crippen LogP contribution >= 0.6 is 0 Å². The first-order valence-corrected chi connectivity index (χ1v) is 8.48. The van der Waals surface area contributed by atoms with Crippen LogP contribution in [0.2, 0.25) is 0 Å². The Balaban J connectivity index is 2.01. The van der Waals surface area contributed by atoms with Crippen molar-refractivity contribution in [1.82, 2.24) is 14.8 Å². The molecule has 0 aliphatic carbocycles. The number of nitrogens with one attached hydrogen (secondary N) is 1. The van der Waals surface area contributed by atoms with E-state index in [0.717, 1.165) is 11.1 Å². The van der Waals surface area contributed by atoms with Crippen LogP contribution in [0, 0.1) is 13.8 Å². The van der Waals surface area contributed by atoms with Crippen LogP contribution in [0.4, 0.5) is 5.69 Å². The molecule has 28 heavy (non-hydrogen) atoms. The fraction of sp³-hybridized carbons (Fsp3) is 0.200. The number of hydrogen-bond donors (Lipinski definition) is 1. The first-order valence-electron chi connectivity index (χ1n) is 8.48. The molecule has 0 bridgehead atoms. The average molecular weight is 380 g/mol. The Kier molecular flexibility index (Phi) is 5.39. The van der Waals surface area contributed by atoms with Crippen LogP contribution in [0.25, 0.3) is 5.69 Å². The minimum absolute atomic E-state index is 0.305. The molecule has 0 fully saturated rings. The Morgan fingerprint density at radius 3 is 2.50 bits per heavy atom.